The van der Waals surface area contributed by atoms with Gasteiger partial charge >= 0.3 is 0 Å². The average molecular weight is 464 g/mol. The second kappa shape index (κ2) is 9.18. The Morgan fingerprint density at radius 2 is 1.84 bits per heavy atom. The summed E-state index contributed by atoms with van der Waals surface area (Å²) < 4.78 is 7.67. The molecule has 0 unspecified atom stereocenters. The van der Waals surface area contributed by atoms with Crippen molar-refractivity contribution in [1.82, 2.24) is 25.1 Å². The molecule has 1 saturated carbocycles. The van der Waals surface area contributed by atoms with Gasteiger partial charge in [-0.15, -0.1) is 5.10 Å². The van der Waals surface area contributed by atoms with Gasteiger partial charge in [0.25, 0.3) is 0 Å². The summed E-state index contributed by atoms with van der Waals surface area (Å²) in [5.74, 6) is 0.971. The molecule has 1 atom stereocenters. The van der Waals surface area contributed by atoms with Crippen molar-refractivity contribution in [2.24, 2.45) is 5.41 Å². The van der Waals surface area contributed by atoms with Crippen LogP contribution >= 0.6 is 23.2 Å². The molecule has 0 amide bonds. The van der Waals surface area contributed by atoms with Gasteiger partial charge in [0, 0.05) is 23.1 Å². The molecule has 2 heterocycles. The minimum absolute atomic E-state index is 0.0252. The van der Waals surface area contributed by atoms with Crippen LogP contribution in [0.3, 0.4) is 0 Å². The predicted molar refractivity (Wildman–Crippen MR) is 124 cm³/mol. The van der Waals surface area contributed by atoms with Gasteiger partial charge in [-0.3, -0.25) is 4.90 Å². The van der Waals surface area contributed by atoms with Crippen LogP contribution in [0.15, 0.2) is 24.3 Å². The van der Waals surface area contributed by atoms with Gasteiger partial charge in [-0.1, -0.05) is 75.0 Å². The smallest absolute Gasteiger partial charge is 0.172 e. The fourth-order valence-corrected chi connectivity index (χ4v) is 5.36. The highest BCUT2D eigenvalue weighted by Gasteiger charge is 2.47. The molecule has 1 aromatic heterocycles. The van der Waals surface area contributed by atoms with Crippen LogP contribution in [-0.4, -0.2) is 51.4 Å². The van der Waals surface area contributed by atoms with Gasteiger partial charge in [0.1, 0.15) is 0 Å². The topological polar surface area (TPSA) is 56.1 Å². The summed E-state index contributed by atoms with van der Waals surface area (Å²) in [6, 6.07) is 5.53. The molecule has 4 rings (SSSR count). The largest absolute Gasteiger partial charge is 0.379 e. The van der Waals surface area contributed by atoms with E-state index in [4.69, 9.17) is 27.9 Å². The van der Waals surface area contributed by atoms with E-state index in [1.807, 2.05) is 16.8 Å². The maximum atomic E-state index is 6.41. The van der Waals surface area contributed by atoms with E-state index in [2.05, 4.69) is 53.3 Å². The van der Waals surface area contributed by atoms with Crippen LogP contribution in [0.25, 0.3) is 6.08 Å². The zero-order chi connectivity index (χ0) is 22.1. The molecule has 1 aromatic carbocycles. The van der Waals surface area contributed by atoms with Crippen molar-refractivity contribution >= 4 is 29.3 Å². The summed E-state index contributed by atoms with van der Waals surface area (Å²) in [6.07, 6.45) is 8.77. The normalized spacial score (nSPS) is 21.1. The van der Waals surface area contributed by atoms with Gasteiger partial charge in [-0.25, -0.2) is 4.68 Å². The second-order valence-corrected chi connectivity index (χ2v) is 10.5. The molecule has 8 heteroatoms. The van der Waals surface area contributed by atoms with Crippen molar-refractivity contribution in [3.63, 3.8) is 0 Å². The molecule has 1 saturated heterocycles. The number of benzene rings is 1. The lowest BCUT2D eigenvalue weighted by Crippen LogP contribution is -2.51. The number of morpholine rings is 1. The first-order valence-corrected chi connectivity index (χ1v) is 11.8. The molecule has 2 fully saturated rings. The number of allylic oxidation sites excluding steroid dienone is 1. The Hall–Kier alpha value is -1.47. The minimum Gasteiger partial charge on any atom is -0.379 e. The van der Waals surface area contributed by atoms with E-state index in [1.54, 1.807) is 6.07 Å². The highest BCUT2D eigenvalue weighted by Crippen LogP contribution is 2.45. The molecule has 2 aliphatic rings. The Kier molecular flexibility index (Phi) is 6.73. The van der Waals surface area contributed by atoms with Crippen LogP contribution in [0.1, 0.15) is 63.9 Å². The molecule has 31 heavy (non-hydrogen) atoms. The number of nitrogens with zero attached hydrogens (tertiary/aromatic N) is 5. The Morgan fingerprint density at radius 1 is 1.13 bits per heavy atom. The zero-order valence-electron chi connectivity index (χ0n) is 18.5. The maximum Gasteiger partial charge on any atom is 0.172 e. The molecule has 0 bridgehead atoms. The van der Waals surface area contributed by atoms with Crippen molar-refractivity contribution in [1.29, 1.82) is 0 Å². The fraction of sp³-hybridized carbons (Fsp3) is 0.609. The van der Waals surface area contributed by atoms with E-state index >= 15 is 0 Å². The molecule has 1 aliphatic heterocycles. The standard InChI is InChI=1S/C23H31Cl2N5O/c1-22(2,3)20(9-7-17-6-8-18(24)16-19(17)25)30-21(26-27-28-30)23(10-4-5-11-23)29-12-14-31-15-13-29/h6-9,16,20H,4-5,10-15H2,1-3H3/t20-/m0/s1. The van der Waals surface area contributed by atoms with E-state index in [1.165, 1.54) is 12.8 Å². The van der Waals surface area contributed by atoms with E-state index in [-0.39, 0.29) is 17.0 Å². The lowest BCUT2D eigenvalue weighted by Gasteiger charge is -2.43. The van der Waals surface area contributed by atoms with E-state index < -0.39 is 0 Å². The number of halogens is 2. The zero-order valence-corrected chi connectivity index (χ0v) is 20.0. The number of ether oxygens (including phenoxy) is 1. The third kappa shape index (κ3) is 4.68. The molecule has 168 valence electrons. The van der Waals surface area contributed by atoms with Crippen LogP contribution < -0.4 is 0 Å². The van der Waals surface area contributed by atoms with Crippen LogP contribution in [-0.2, 0) is 10.3 Å². The van der Waals surface area contributed by atoms with Crippen molar-refractivity contribution in [3.05, 3.63) is 45.7 Å². The molecule has 6 nitrogen and oxygen atoms in total. The van der Waals surface area contributed by atoms with Crippen molar-refractivity contribution < 1.29 is 4.74 Å². The molecule has 1 aliphatic carbocycles. The molecular formula is C23H31Cl2N5O. The summed E-state index contributed by atoms with van der Waals surface area (Å²) in [5.41, 5.74) is 0.714. The summed E-state index contributed by atoms with van der Waals surface area (Å²) >= 11 is 12.5. The van der Waals surface area contributed by atoms with E-state index in [9.17, 15) is 0 Å². The molecular weight excluding hydrogens is 433 g/mol. The van der Waals surface area contributed by atoms with Gasteiger partial charge in [0.05, 0.1) is 24.8 Å². The SMILES string of the molecule is CC(C)(C)[C@H](C=Cc1ccc(Cl)cc1Cl)n1nnnc1C1(N2CCOCC2)CCCC1. The number of hydrogen-bond acceptors (Lipinski definition) is 5. The second-order valence-electron chi connectivity index (χ2n) is 9.62. The number of aromatic nitrogens is 4. The highest BCUT2D eigenvalue weighted by molar-refractivity contribution is 6.35. The average Bonchev–Trinajstić information content (AvgIpc) is 3.40. The predicted octanol–water partition coefficient (Wildman–Crippen LogP) is 5.38. The van der Waals surface area contributed by atoms with Crippen molar-refractivity contribution in [2.45, 2.75) is 58.0 Å². The van der Waals surface area contributed by atoms with Gasteiger partial charge in [0.15, 0.2) is 5.82 Å². The molecule has 0 spiro atoms. The van der Waals surface area contributed by atoms with Crippen LogP contribution in [0.2, 0.25) is 10.0 Å². The van der Waals surface area contributed by atoms with Gasteiger partial charge in [0.2, 0.25) is 0 Å². The summed E-state index contributed by atoms with van der Waals surface area (Å²) in [5, 5.41) is 14.5. The number of tetrazole rings is 1. The third-order valence-corrected chi connectivity index (χ3v) is 7.09. The Morgan fingerprint density at radius 3 is 2.48 bits per heavy atom. The summed E-state index contributed by atoms with van der Waals surface area (Å²) in [7, 11) is 0. The first kappa shape index (κ1) is 22.7. The Balaban J connectivity index is 1.73. The van der Waals surface area contributed by atoms with E-state index in [0.29, 0.717) is 10.0 Å². The Bertz CT molecular complexity index is 924. The summed E-state index contributed by atoms with van der Waals surface area (Å²) in [4.78, 5) is 2.55. The first-order chi connectivity index (χ1) is 14.8. The van der Waals surface area contributed by atoms with Gasteiger partial charge in [-0.05, 0) is 46.4 Å². The van der Waals surface area contributed by atoms with Crippen molar-refractivity contribution in [2.75, 3.05) is 26.3 Å². The van der Waals surface area contributed by atoms with Crippen LogP contribution in [0.5, 0.6) is 0 Å². The summed E-state index contributed by atoms with van der Waals surface area (Å²) in [6.45, 7) is 10.0. The number of rotatable bonds is 5. The number of hydrogen-bond donors (Lipinski definition) is 0. The molecule has 2 aromatic rings. The fourth-order valence-electron chi connectivity index (χ4n) is 4.89. The lowest BCUT2D eigenvalue weighted by molar-refractivity contribution is -0.0291. The lowest BCUT2D eigenvalue weighted by atomic mass is 9.85. The molecule has 0 radical (unpaired) electrons. The maximum absolute atomic E-state index is 6.41. The van der Waals surface area contributed by atoms with Crippen molar-refractivity contribution in [3.8, 4) is 0 Å². The van der Waals surface area contributed by atoms with Crippen LogP contribution in [0.4, 0.5) is 0 Å². The third-order valence-electron chi connectivity index (χ3n) is 6.53. The van der Waals surface area contributed by atoms with Gasteiger partial charge < -0.3 is 4.74 Å². The first-order valence-electron chi connectivity index (χ1n) is 11.1. The van der Waals surface area contributed by atoms with Gasteiger partial charge in [-0.2, -0.15) is 0 Å². The van der Waals surface area contributed by atoms with E-state index in [0.717, 1.165) is 50.5 Å². The molecule has 0 N–H and O–H groups in total. The quantitative estimate of drug-likeness (QED) is 0.595. The highest BCUT2D eigenvalue weighted by atomic mass is 35.5. The monoisotopic (exact) mass is 463 g/mol. The Labute approximate surface area is 194 Å². The van der Waals surface area contributed by atoms with Crippen LogP contribution in [0, 0.1) is 5.41 Å². The minimum atomic E-state index is -0.122.